The number of hydrogen-bond acceptors (Lipinski definition) is 4. The molecule has 0 aliphatic carbocycles. The minimum Gasteiger partial charge on any atom is -0.494 e. The van der Waals surface area contributed by atoms with Crippen molar-refractivity contribution >= 4 is 41.2 Å². The normalized spacial score (nSPS) is 12.1. The van der Waals surface area contributed by atoms with Gasteiger partial charge in [0.1, 0.15) is 11.8 Å². The van der Waals surface area contributed by atoms with Gasteiger partial charge in [-0.25, -0.2) is 5.43 Å². The molecule has 0 saturated carbocycles. The maximum Gasteiger partial charge on any atom is 0.262 e. The van der Waals surface area contributed by atoms with Gasteiger partial charge < -0.3 is 10.1 Å². The molecule has 0 bridgehead atoms. The molecule has 0 heterocycles. The number of hydrogen-bond donors (Lipinski definition) is 2. The molecule has 1 unspecified atom stereocenters. The fourth-order valence-corrected chi connectivity index (χ4v) is 2.79. The molecule has 0 fully saturated rings. The van der Waals surface area contributed by atoms with Crippen molar-refractivity contribution in [3.63, 3.8) is 0 Å². The Balaban J connectivity index is 2.02. The summed E-state index contributed by atoms with van der Waals surface area (Å²) in [5, 5.41) is 7.31. The summed E-state index contributed by atoms with van der Waals surface area (Å²) in [7, 11) is 0. The number of carbonyl (C=O) groups is 2. The first kappa shape index (κ1) is 22.7. The van der Waals surface area contributed by atoms with Crippen LogP contribution in [-0.2, 0) is 4.79 Å². The van der Waals surface area contributed by atoms with Crippen LogP contribution in [0.3, 0.4) is 0 Å². The lowest BCUT2D eigenvalue weighted by Gasteiger charge is -2.20. The first-order chi connectivity index (χ1) is 13.8. The maximum absolute atomic E-state index is 12.5. The quantitative estimate of drug-likeness (QED) is 0.479. The van der Waals surface area contributed by atoms with E-state index in [1.807, 2.05) is 45.0 Å². The van der Waals surface area contributed by atoms with Crippen molar-refractivity contribution in [2.75, 3.05) is 6.61 Å². The molecule has 2 aromatic rings. The maximum atomic E-state index is 12.5. The monoisotopic (exact) mass is 435 g/mol. The van der Waals surface area contributed by atoms with Crippen LogP contribution in [0.5, 0.6) is 5.75 Å². The van der Waals surface area contributed by atoms with Gasteiger partial charge in [-0.15, -0.1) is 0 Å². The molecule has 2 amide bonds. The fourth-order valence-electron chi connectivity index (χ4n) is 2.49. The lowest BCUT2D eigenvalue weighted by atomic mass is 10.0. The van der Waals surface area contributed by atoms with E-state index in [0.717, 1.165) is 11.3 Å². The summed E-state index contributed by atoms with van der Waals surface area (Å²) in [5.74, 6) is -0.286. The van der Waals surface area contributed by atoms with Crippen LogP contribution >= 0.6 is 23.2 Å². The molecule has 0 aromatic heterocycles. The first-order valence-corrected chi connectivity index (χ1v) is 9.89. The molecule has 2 rings (SSSR count). The zero-order valence-electron chi connectivity index (χ0n) is 16.4. The summed E-state index contributed by atoms with van der Waals surface area (Å²) >= 11 is 11.8. The number of rotatable bonds is 8. The zero-order chi connectivity index (χ0) is 21.4. The highest BCUT2D eigenvalue weighted by atomic mass is 35.5. The SMILES string of the molecule is CCOc1cccc(/C=N/NC(=O)C(NC(=O)c2ccc(Cl)c(Cl)c2)C(C)C)c1. The third-order valence-corrected chi connectivity index (χ3v) is 4.71. The number of halogens is 2. The number of carbonyl (C=O) groups excluding carboxylic acids is 2. The van der Waals surface area contributed by atoms with Gasteiger partial charge in [-0.3, -0.25) is 9.59 Å². The molecule has 1 atom stereocenters. The summed E-state index contributed by atoms with van der Waals surface area (Å²) in [6, 6.07) is 11.1. The van der Waals surface area contributed by atoms with Crippen LogP contribution in [-0.4, -0.2) is 30.7 Å². The van der Waals surface area contributed by atoms with Crippen LogP contribution in [0.25, 0.3) is 0 Å². The highest BCUT2D eigenvalue weighted by Crippen LogP contribution is 2.22. The lowest BCUT2D eigenvalue weighted by Crippen LogP contribution is -2.48. The van der Waals surface area contributed by atoms with E-state index in [1.54, 1.807) is 6.07 Å². The second-order valence-electron chi connectivity index (χ2n) is 6.56. The summed E-state index contributed by atoms with van der Waals surface area (Å²) < 4.78 is 5.43. The minimum atomic E-state index is -0.774. The number of ether oxygens (including phenoxy) is 1. The van der Waals surface area contributed by atoms with Gasteiger partial charge in [0.05, 0.1) is 22.9 Å². The predicted octanol–water partition coefficient (Wildman–Crippen LogP) is 4.30. The van der Waals surface area contributed by atoms with Crippen LogP contribution < -0.4 is 15.5 Å². The van der Waals surface area contributed by atoms with Crippen molar-refractivity contribution < 1.29 is 14.3 Å². The van der Waals surface area contributed by atoms with Crippen LogP contribution in [0.2, 0.25) is 10.0 Å². The molecule has 0 radical (unpaired) electrons. The van der Waals surface area contributed by atoms with Crippen molar-refractivity contribution in [1.82, 2.24) is 10.7 Å². The predicted molar refractivity (Wildman–Crippen MR) is 116 cm³/mol. The van der Waals surface area contributed by atoms with Crippen LogP contribution in [0.4, 0.5) is 0 Å². The fraction of sp³-hybridized carbons (Fsp3) is 0.286. The van der Waals surface area contributed by atoms with Crippen molar-refractivity contribution in [1.29, 1.82) is 0 Å². The molecular weight excluding hydrogens is 413 g/mol. The number of nitrogens with one attached hydrogen (secondary N) is 2. The second-order valence-corrected chi connectivity index (χ2v) is 7.38. The molecule has 8 heteroatoms. The van der Waals surface area contributed by atoms with Gasteiger partial charge >= 0.3 is 0 Å². The largest absolute Gasteiger partial charge is 0.494 e. The van der Waals surface area contributed by atoms with Gasteiger partial charge in [-0.2, -0.15) is 5.10 Å². The Morgan fingerprint density at radius 3 is 2.55 bits per heavy atom. The smallest absolute Gasteiger partial charge is 0.262 e. The molecule has 2 aromatic carbocycles. The molecule has 154 valence electrons. The Morgan fingerprint density at radius 2 is 1.90 bits per heavy atom. The van der Waals surface area contributed by atoms with Crippen LogP contribution in [0.1, 0.15) is 36.7 Å². The topological polar surface area (TPSA) is 79.8 Å². The first-order valence-electron chi connectivity index (χ1n) is 9.13. The van der Waals surface area contributed by atoms with E-state index in [0.29, 0.717) is 17.2 Å². The molecule has 29 heavy (non-hydrogen) atoms. The minimum absolute atomic E-state index is 0.154. The van der Waals surface area contributed by atoms with E-state index in [4.69, 9.17) is 27.9 Å². The van der Waals surface area contributed by atoms with Crippen LogP contribution in [0.15, 0.2) is 47.6 Å². The Hall–Kier alpha value is -2.57. The number of hydrazone groups is 1. The summed E-state index contributed by atoms with van der Waals surface area (Å²) in [5.41, 5.74) is 3.56. The van der Waals surface area contributed by atoms with Gasteiger partial charge in [0, 0.05) is 5.56 Å². The van der Waals surface area contributed by atoms with Crippen molar-refractivity contribution in [2.24, 2.45) is 11.0 Å². The summed E-state index contributed by atoms with van der Waals surface area (Å²) in [6.45, 7) is 6.12. The third-order valence-electron chi connectivity index (χ3n) is 3.97. The zero-order valence-corrected chi connectivity index (χ0v) is 17.9. The average Bonchev–Trinajstić information content (AvgIpc) is 2.68. The lowest BCUT2D eigenvalue weighted by molar-refractivity contribution is -0.123. The highest BCUT2D eigenvalue weighted by molar-refractivity contribution is 6.42. The van der Waals surface area contributed by atoms with E-state index < -0.39 is 17.9 Å². The molecule has 0 aliphatic heterocycles. The molecular formula is C21H23Cl2N3O3. The van der Waals surface area contributed by atoms with Gasteiger partial charge in [0.2, 0.25) is 0 Å². The molecule has 0 saturated heterocycles. The number of amides is 2. The second kappa shape index (κ2) is 10.8. The summed E-state index contributed by atoms with van der Waals surface area (Å²) in [6.07, 6.45) is 1.51. The molecule has 0 spiro atoms. The molecule has 6 nitrogen and oxygen atoms in total. The molecule has 0 aliphatic rings. The van der Waals surface area contributed by atoms with Crippen LogP contribution in [0, 0.1) is 5.92 Å². The highest BCUT2D eigenvalue weighted by Gasteiger charge is 2.24. The van der Waals surface area contributed by atoms with Gasteiger partial charge in [0.15, 0.2) is 0 Å². The summed E-state index contributed by atoms with van der Waals surface area (Å²) in [4.78, 5) is 25.0. The van der Waals surface area contributed by atoms with E-state index in [-0.39, 0.29) is 10.9 Å². The van der Waals surface area contributed by atoms with E-state index in [2.05, 4.69) is 15.8 Å². The average molecular weight is 436 g/mol. The van der Waals surface area contributed by atoms with Crippen molar-refractivity contribution in [3.05, 3.63) is 63.6 Å². The van der Waals surface area contributed by atoms with E-state index in [1.165, 1.54) is 18.3 Å². The third kappa shape index (κ3) is 6.76. The Kier molecular flexibility index (Phi) is 8.49. The standard InChI is InChI=1S/C21H23Cl2N3O3/c1-4-29-16-7-5-6-14(10-16)12-24-26-21(28)19(13(2)3)25-20(27)15-8-9-17(22)18(23)11-15/h5-13,19H,4H2,1-3H3,(H,25,27)(H,26,28)/b24-12+. The Labute approximate surface area is 180 Å². The Morgan fingerprint density at radius 1 is 1.14 bits per heavy atom. The Bertz CT molecular complexity index is 900. The van der Waals surface area contributed by atoms with Crippen molar-refractivity contribution in [3.8, 4) is 5.75 Å². The molecule has 2 N–H and O–H groups in total. The van der Waals surface area contributed by atoms with E-state index >= 15 is 0 Å². The van der Waals surface area contributed by atoms with Gasteiger partial charge in [0.25, 0.3) is 11.8 Å². The van der Waals surface area contributed by atoms with Gasteiger partial charge in [-0.05, 0) is 48.7 Å². The van der Waals surface area contributed by atoms with E-state index in [9.17, 15) is 9.59 Å². The van der Waals surface area contributed by atoms with Gasteiger partial charge in [-0.1, -0.05) is 49.2 Å². The number of benzene rings is 2. The van der Waals surface area contributed by atoms with Crippen molar-refractivity contribution in [2.45, 2.75) is 26.8 Å². The number of nitrogens with zero attached hydrogens (tertiary/aromatic N) is 1.